The van der Waals surface area contributed by atoms with Crippen molar-refractivity contribution >= 4 is 0 Å². The van der Waals surface area contributed by atoms with Crippen LogP contribution in [0.4, 0.5) is 0 Å². The Balaban J connectivity index is 2.08. The van der Waals surface area contributed by atoms with Gasteiger partial charge in [0.05, 0.1) is 7.11 Å². The summed E-state index contributed by atoms with van der Waals surface area (Å²) in [7, 11) is 3.92. The van der Waals surface area contributed by atoms with Gasteiger partial charge >= 0.3 is 0 Å². The molecule has 1 fully saturated rings. The number of hydrogen-bond acceptors (Lipinski definition) is 3. The Kier molecular flexibility index (Phi) is 5.23. The van der Waals surface area contributed by atoms with Crippen LogP contribution >= 0.6 is 0 Å². The minimum Gasteiger partial charge on any atom is -0.497 e. The van der Waals surface area contributed by atoms with Crippen molar-refractivity contribution in [2.75, 3.05) is 20.7 Å². The van der Waals surface area contributed by atoms with E-state index in [2.05, 4.69) is 24.1 Å². The number of hydrogen-bond donors (Lipinski definition) is 1. The molecule has 19 heavy (non-hydrogen) atoms. The smallest absolute Gasteiger partial charge is 0.118 e. The lowest BCUT2D eigenvalue weighted by Crippen LogP contribution is -2.39. The Morgan fingerprint density at radius 3 is 2.37 bits per heavy atom. The molecular formula is C16H26N2O. The summed E-state index contributed by atoms with van der Waals surface area (Å²) in [5, 5.41) is 0. The van der Waals surface area contributed by atoms with Crippen LogP contribution in [-0.2, 0) is 0 Å². The topological polar surface area (TPSA) is 38.5 Å². The van der Waals surface area contributed by atoms with E-state index in [4.69, 9.17) is 10.5 Å². The van der Waals surface area contributed by atoms with Crippen LogP contribution in [0.1, 0.15) is 43.7 Å². The van der Waals surface area contributed by atoms with Gasteiger partial charge in [-0.3, -0.25) is 4.90 Å². The van der Waals surface area contributed by atoms with Gasteiger partial charge < -0.3 is 10.5 Å². The zero-order valence-corrected chi connectivity index (χ0v) is 12.1. The molecule has 0 bridgehead atoms. The number of rotatable bonds is 5. The first-order chi connectivity index (χ1) is 9.26. The van der Waals surface area contributed by atoms with Gasteiger partial charge in [-0.1, -0.05) is 31.4 Å². The number of nitrogens with two attached hydrogens (primary N) is 1. The minimum atomic E-state index is 0.314. The minimum absolute atomic E-state index is 0.314. The third-order valence-electron chi connectivity index (χ3n) is 4.37. The van der Waals surface area contributed by atoms with Crippen molar-refractivity contribution < 1.29 is 4.74 Å². The average molecular weight is 262 g/mol. The maximum Gasteiger partial charge on any atom is 0.118 e. The molecule has 0 saturated heterocycles. The fourth-order valence-electron chi connectivity index (χ4n) is 3.11. The first-order valence-electron chi connectivity index (χ1n) is 7.32. The van der Waals surface area contributed by atoms with E-state index in [0.717, 1.165) is 5.75 Å². The maximum absolute atomic E-state index is 6.01. The summed E-state index contributed by atoms with van der Waals surface area (Å²) in [6.07, 6.45) is 6.72. The fraction of sp³-hybridized carbons (Fsp3) is 0.625. The highest BCUT2D eigenvalue weighted by atomic mass is 16.5. The van der Waals surface area contributed by atoms with Gasteiger partial charge in [-0.2, -0.15) is 0 Å². The molecule has 0 heterocycles. The fourth-order valence-corrected chi connectivity index (χ4v) is 3.11. The summed E-state index contributed by atoms with van der Waals surface area (Å²) in [6, 6.07) is 9.31. The number of likely N-dealkylation sites (N-methyl/N-ethyl adjacent to an activating group) is 1. The van der Waals surface area contributed by atoms with E-state index in [0.29, 0.717) is 18.6 Å². The summed E-state index contributed by atoms with van der Waals surface area (Å²) in [4.78, 5) is 2.47. The van der Waals surface area contributed by atoms with Crippen molar-refractivity contribution in [2.24, 2.45) is 5.73 Å². The van der Waals surface area contributed by atoms with Crippen molar-refractivity contribution in [1.82, 2.24) is 4.90 Å². The van der Waals surface area contributed by atoms with Crippen molar-refractivity contribution in [2.45, 2.75) is 44.2 Å². The van der Waals surface area contributed by atoms with Crippen molar-refractivity contribution in [3.63, 3.8) is 0 Å². The van der Waals surface area contributed by atoms with Crippen LogP contribution in [0.3, 0.4) is 0 Å². The van der Waals surface area contributed by atoms with E-state index < -0.39 is 0 Å². The summed E-state index contributed by atoms with van der Waals surface area (Å²) in [6.45, 7) is 0.666. The number of ether oxygens (including phenoxy) is 1. The predicted octanol–water partition coefficient (Wildman–Crippen LogP) is 2.96. The molecule has 1 aromatic carbocycles. The summed E-state index contributed by atoms with van der Waals surface area (Å²) in [5.41, 5.74) is 7.30. The van der Waals surface area contributed by atoms with E-state index in [1.807, 2.05) is 12.1 Å². The summed E-state index contributed by atoms with van der Waals surface area (Å²) < 4.78 is 5.21. The molecule has 1 aromatic rings. The zero-order valence-electron chi connectivity index (χ0n) is 12.1. The predicted molar refractivity (Wildman–Crippen MR) is 79.4 cm³/mol. The van der Waals surface area contributed by atoms with Crippen LogP contribution < -0.4 is 10.5 Å². The molecule has 0 spiro atoms. The molecule has 106 valence electrons. The third kappa shape index (κ3) is 3.48. The Hall–Kier alpha value is -1.06. The number of benzene rings is 1. The SMILES string of the molecule is COc1ccc(C(CN)N(C)C2CCCCC2)cc1. The largest absolute Gasteiger partial charge is 0.497 e. The molecule has 3 heteroatoms. The van der Waals surface area contributed by atoms with E-state index in [1.165, 1.54) is 37.7 Å². The second kappa shape index (κ2) is 6.92. The van der Waals surface area contributed by atoms with Gasteiger partial charge in [-0.05, 0) is 37.6 Å². The molecule has 1 aliphatic rings. The van der Waals surface area contributed by atoms with Crippen LogP contribution in [0.2, 0.25) is 0 Å². The molecule has 2 rings (SSSR count). The van der Waals surface area contributed by atoms with Gasteiger partial charge in [-0.25, -0.2) is 0 Å². The third-order valence-corrected chi connectivity index (χ3v) is 4.37. The highest BCUT2D eigenvalue weighted by Gasteiger charge is 2.24. The van der Waals surface area contributed by atoms with Crippen LogP contribution in [0.25, 0.3) is 0 Å². The molecule has 1 atom stereocenters. The van der Waals surface area contributed by atoms with E-state index in [9.17, 15) is 0 Å². The van der Waals surface area contributed by atoms with E-state index in [-0.39, 0.29) is 0 Å². The van der Waals surface area contributed by atoms with Gasteiger partial charge in [0.25, 0.3) is 0 Å². The standard InChI is InChI=1S/C16H26N2O/c1-18(14-6-4-3-5-7-14)16(12-17)13-8-10-15(19-2)11-9-13/h8-11,14,16H,3-7,12,17H2,1-2H3. The van der Waals surface area contributed by atoms with Crippen LogP contribution in [0.15, 0.2) is 24.3 Å². The molecule has 2 N–H and O–H groups in total. The summed E-state index contributed by atoms with van der Waals surface area (Å²) >= 11 is 0. The molecule has 3 nitrogen and oxygen atoms in total. The Morgan fingerprint density at radius 2 is 1.84 bits per heavy atom. The second-order valence-corrected chi connectivity index (χ2v) is 5.48. The first-order valence-corrected chi connectivity index (χ1v) is 7.32. The molecule has 0 amide bonds. The van der Waals surface area contributed by atoms with Crippen LogP contribution in [0.5, 0.6) is 5.75 Å². The Bertz CT molecular complexity index is 371. The number of nitrogens with zero attached hydrogens (tertiary/aromatic N) is 1. The Morgan fingerprint density at radius 1 is 1.21 bits per heavy atom. The van der Waals surface area contributed by atoms with Gasteiger partial charge in [0.15, 0.2) is 0 Å². The molecule has 1 saturated carbocycles. The zero-order chi connectivity index (χ0) is 13.7. The number of methoxy groups -OCH3 is 1. The van der Waals surface area contributed by atoms with Gasteiger partial charge in [0.2, 0.25) is 0 Å². The van der Waals surface area contributed by atoms with Crippen molar-refractivity contribution in [3.05, 3.63) is 29.8 Å². The normalized spacial score (nSPS) is 18.5. The van der Waals surface area contributed by atoms with Crippen LogP contribution in [-0.4, -0.2) is 31.6 Å². The second-order valence-electron chi connectivity index (χ2n) is 5.48. The highest BCUT2D eigenvalue weighted by molar-refractivity contribution is 5.29. The molecule has 0 aromatic heterocycles. The maximum atomic E-state index is 6.01. The molecule has 1 unspecified atom stereocenters. The lowest BCUT2D eigenvalue weighted by molar-refractivity contribution is 0.140. The summed E-state index contributed by atoms with van der Waals surface area (Å²) in [5.74, 6) is 0.903. The molecule has 0 aliphatic heterocycles. The average Bonchev–Trinajstić information content (AvgIpc) is 2.49. The monoisotopic (exact) mass is 262 g/mol. The van der Waals surface area contributed by atoms with Crippen LogP contribution in [0, 0.1) is 0 Å². The lowest BCUT2D eigenvalue weighted by atomic mass is 9.92. The van der Waals surface area contributed by atoms with E-state index in [1.54, 1.807) is 7.11 Å². The van der Waals surface area contributed by atoms with E-state index >= 15 is 0 Å². The van der Waals surface area contributed by atoms with Crippen molar-refractivity contribution in [1.29, 1.82) is 0 Å². The van der Waals surface area contributed by atoms with Gasteiger partial charge in [-0.15, -0.1) is 0 Å². The molecule has 1 aliphatic carbocycles. The highest BCUT2D eigenvalue weighted by Crippen LogP contribution is 2.29. The molecular weight excluding hydrogens is 236 g/mol. The molecule has 0 radical (unpaired) electrons. The van der Waals surface area contributed by atoms with Crippen molar-refractivity contribution in [3.8, 4) is 5.75 Å². The quantitative estimate of drug-likeness (QED) is 0.886. The lowest BCUT2D eigenvalue weighted by Gasteiger charge is -2.37. The van der Waals surface area contributed by atoms with Gasteiger partial charge in [0.1, 0.15) is 5.75 Å². The van der Waals surface area contributed by atoms with Gasteiger partial charge in [0, 0.05) is 18.6 Å². The Labute approximate surface area is 116 Å². The first kappa shape index (κ1) is 14.4.